The van der Waals surface area contributed by atoms with Crippen LogP contribution in [0.1, 0.15) is 0 Å². The van der Waals surface area contributed by atoms with Crippen molar-refractivity contribution in [2.45, 2.75) is 67.4 Å². The van der Waals surface area contributed by atoms with Crippen LogP contribution in [0.5, 0.6) is 0 Å². The third kappa shape index (κ3) is 4.53. The highest BCUT2D eigenvalue weighted by Gasteiger charge is 2.54. The molecule has 0 aliphatic heterocycles. The van der Waals surface area contributed by atoms with Crippen molar-refractivity contribution in [3.8, 4) is 0 Å². The molecule has 2 rings (SSSR count). The summed E-state index contributed by atoms with van der Waals surface area (Å²) in [6.45, 7) is 0. The number of hydrogen-bond acceptors (Lipinski definition) is 3. The van der Waals surface area contributed by atoms with E-state index in [1.165, 1.54) is 14.2 Å². The molecule has 0 N–H and O–H groups in total. The van der Waals surface area contributed by atoms with E-state index < -0.39 is 67.4 Å². The van der Waals surface area contributed by atoms with Crippen LogP contribution in [0.4, 0.5) is 0 Å². The summed E-state index contributed by atoms with van der Waals surface area (Å²) in [6, 6.07) is 0. The summed E-state index contributed by atoms with van der Waals surface area (Å²) < 4.78 is 16.7. The Balaban J connectivity index is 2.19. The molecule has 0 bridgehead atoms. The molecule has 0 radical (unpaired) electrons. The van der Waals surface area contributed by atoms with Crippen LogP contribution in [0.15, 0.2) is 0 Å². The lowest BCUT2D eigenvalue weighted by molar-refractivity contribution is -0.0665. The second-order valence-corrected chi connectivity index (χ2v) is 10.1. The zero-order valence-corrected chi connectivity index (χ0v) is 19.2. The van der Waals surface area contributed by atoms with Crippen molar-refractivity contribution in [2.75, 3.05) is 14.2 Å². The minimum atomic E-state index is -0.709. The van der Waals surface area contributed by atoms with Gasteiger partial charge in [-0.15, -0.1) is 92.8 Å². The number of rotatable bonds is 4. The van der Waals surface area contributed by atoms with Crippen molar-refractivity contribution < 1.29 is 14.2 Å². The molecule has 2 aliphatic rings. The molecule has 0 spiro atoms. The molecule has 11 heteroatoms. The van der Waals surface area contributed by atoms with Gasteiger partial charge in [0.1, 0.15) is 0 Å². The van der Waals surface area contributed by atoms with Gasteiger partial charge in [-0.1, -0.05) is 0 Å². The van der Waals surface area contributed by atoms with Crippen molar-refractivity contribution >= 4 is 92.8 Å². The number of ether oxygens (including phenoxy) is 3. The Morgan fingerprint density at radius 1 is 0.400 bits per heavy atom. The maximum atomic E-state index is 6.45. The highest BCUT2D eigenvalue weighted by atomic mass is 35.5. The van der Waals surface area contributed by atoms with Gasteiger partial charge in [0.05, 0.1) is 67.4 Å². The van der Waals surface area contributed by atoms with Gasteiger partial charge in [0, 0.05) is 14.2 Å². The molecular formula is C14H18Cl8O3. The normalized spacial score (nSPS) is 54.5. The van der Waals surface area contributed by atoms with E-state index in [2.05, 4.69) is 0 Å². The van der Waals surface area contributed by atoms with E-state index in [-0.39, 0.29) is 0 Å². The molecule has 0 aromatic rings. The molecular weight excluding hydrogens is 500 g/mol. The van der Waals surface area contributed by atoms with Crippen LogP contribution in [0.3, 0.4) is 0 Å². The standard InChI is InChI=1S/C14H18Cl8O3/c1-23-11-3(15)7(19)13(8(20)4(11)16)25-14-9(21)5(17)12(24-2)6(18)10(14)22/h3-14H,1-2H3. The van der Waals surface area contributed by atoms with Crippen LogP contribution in [0.25, 0.3) is 0 Å². The Labute approximate surface area is 187 Å². The minimum absolute atomic E-state index is 0.516. The predicted molar refractivity (Wildman–Crippen MR) is 107 cm³/mol. The molecule has 2 saturated carbocycles. The fourth-order valence-electron chi connectivity index (χ4n) is 3.15. The summed E-state index contributed by atoms with van der Waals surface area (Å²) >= 11 is 51.3. The molecule has 25 heavy (non-hydrogen) atoms. The second kappa shape index (κ2) is 9.80. The van der Waals surface area contributed by atoms with Gasteiger partial charge in [-0.25, -0.2) is 0 Å². The summed E-state index contributed by atoms with van der Waals surface area (Å²) in [4.78, 5) is 0. The smallest absolute Gasteiger partial charge is 0.0937 e. The van der Waals surface area contributed by atoms with Crippen LogP contribution in [-0.4, -0.2) is 81.7 Å². The molecule has 2 fully saturated rings. The Bertz CT molecular complexity index is 376. The molecule has 3 nitrogen and oxygen atoms in total. The van der Waals surface area contributed by atoms with E-state index in [0.29, 0.717) is 0 Å². The lowest BCUT2D eigenvalue weighted by Gasteiger charge is -2.47. The summed E-state index contributed by atoms with van der Waals surface area (Å²) in [5, 5.41) is -5.09. The fourth-order valence-corrected chi connectivity index (χ4v) is 6.50. The minimum Gasteiger partial charge on any atom is -0.378 e. The van der Waals surface area contributed by atoms with Gasteiger partial charge < -0.3 is 14.2 Å². The molecule has 0 amide bonds. The third-order valence-electron chi connectivity index (χ3n) is 4.59. The van der Waals surface area contributed by atoms with Crippen LogP contribution in [-0.2, 0) is 14.2 Å². The van der Waals surface area contributed by atoms with Crippen molar-refractivity contribution in [3.05, 3.63) is 0 Å². The van der Waals surface area contributed by atoms with Crippen LogP contribution >= 0.6 is 92.8 Å². The molecule has 148 valence electrons. The molecule has 2 aliphatic carbocycles. The average molecular weight is 518 g/mol. The van der Waals surface area contributed by atoms with Gasteiger partial charge in [-0.05, 0) is 0 Å². The molecule has 0 aromatic heterocycles. The van der Waals surface area contributed by atoms with E-state index in [4.69, 9.17) is 107 Å². The van der Waals surface area contributed by atoms with Crippen molar-refractivity contribution in [3.63, 3.8) is 0 Å². The molecule has 0 heterocycles. The highest BCUT2D eigenvalue weighted by Crippen LogP contribution is 2.42. The summed E-state index contributed by atoms with van der Waals surface area (Å²) in [7, 11) is 2.99. The summed E-state index contributed by atoms with van der Waals surface area (Å²) in [6.07, 6.45) is -2.45. The third-order valence-corrected chi connectivity index (χ3v) is 9.26. The van der Waals surface area contributed by atoms with Crippen molar-refractivity contribution in [2.24, 2.45) is 0 Å². The van der Waals surface area contributed by atoms with Gasteiger partial charge >= 0.3 is 0 Å². The second-order valence-electron chi connectivity index (χ2n) is 6.02. The fraction of sp³-hybridized carbons (Fsp3) is 1.00. The molecule has 0 aromatic carbocycles. The molecule has 8 atom stereocenters. The average Bonchev–Trinajstić information content (AvgIpc) is 2.59. The predicted octanol–water partition coefficient (Wildman–Crippen LogP) is 4.66. The van der Waals surface area contributed by atoms with E-state index in [0.717, 1.165) is 0 Å². The first kappa shape index (κ1) is 23.5. The molecule has 8 unspecified atom stereocenters. The summed E-state index contributed by atoms with van der Waals surface area (Å²) in [5.74, 6) is 0. The Hall–Kier alpha value is 2.20. The lowest BCUT2D eigenvalue weighted by Crippen LogP contribution is -2.63. The molecule has 0 saturated heterocycles. The number of methoxy groups -OCH3 is 2. The SMILES string of the molecule is COC1C(Cl)C(Cl)C(OC2C(Cl)C(Cl)C(OC)C(Cl)C2Cl)C(Cl)C1Cl. The Morgan fingerprint density at radius 2 is 0.600 bits per heavy atom. The Kier molecular flexibility index (Phi) is 9.21. The van der Waals surface area contributed by atoms with E-state index in [1.807, 2.05) is 0 Å². The zero-order valence-electron chi connectivity index (χ0n) is 13.2. The zero-order chi connectivity index (χ0) is 19.0. The number of hydrogen-bond donors (Lipinski definition) is 0. The quantitative estimate of drug-likeness (QED) is 0.508. The van der Waals surface area contributed by atoms with Gasteiger partial charge in [0.15, 0.2) is 0 Å². The van der Waals surface area contributed by atoms with Crippen molar-refractivity contribution in [1.82, 2.24) is 0 Å². The van der Waals surface area contributed by atoms with Gasteiger partial charge in [-0.3, -0.25) is 0 Å². The summed E-state index contributed by atoms with van der Waals surface area (Å²) in [5.41, 5.74) is 0. The maximum absolute atomic E-state index is 6.45. The number of alkyl halides is 8. The first-order chi connectivity index (χ1) is 11.7. The lowest BCUT2D eigenvalue weighted by atomic mass is 9.90. The highest BCUT2D eigenvalue weighted by molar-refractivity contribution is 6.36. The Morgan fingerprint density at radius 3 is 0.800 bits per heavy atom. The van der Waals surface area contributed by atoms with E-state index >= 15 is 0 Å². The van der Waals surface area contributed by atoms with Crippen LogP contribution in [0, 0.1) is 0 Å². The van der Waals surface area contributed by atoms with Crippen LogP contribution < -0.4 is 0 Å². The maximum Gasteiger partial charge on any atom is 0.0937 e. The van der Waals surface area contributed by atoms with E-state index in [1.54, 1.807) is 0 Å². The largest absolute Gasteiger partial charge is 0.378 e. The van der Waals surface area contributed by atoms with Gasteiger partial charge in [0.25, 0.3) is 0 Å². The van der Waals surface area contributed by atoms with E-state index in [9.17, 15) is 0 Å². The first-order valence-corrected chi connectivity index (χ1v) is 11.0. The van der Waals surface area contributed by atoms with Crippen molar-refractivity contribution in [1.29, 1.82) is 0 Å². The van der Waals surface area contributed by atoms with Gasteiger partial charge in [-0.2, -0.15) is 0 Å². The van der Waals surface area contributed by atoms with Gasteiger partial charge in [0.2, 0.25) is 0 Å². The monoisotopic (exact) mass is 514 g/mol. The van der Waals surface area contributed by atoms with Crippen LogP contribution in [0.2, 0.25) is 0 Å². The topological polar surface area (TPSA) is 27.7 Å². The first-order valence-electron chi connectivity index (χ1n) is 7.51. The number of halogens is 8.